The van der Waals surface area contributed by atoms with Crippen molar-refractivity contribution in [2.75, 3.05) is 0 Å². The van der Waals surface area contributed by atoms with Gasteiger partial charge < -0.3 is 4.57 Å². The fourth-order valence-electron chi connectivity index (χ4n) is 2.50. The van der Waals surface area contributed by atoms with E-state index in [4.69, 9.17) is 0 Å². The lowest BCUT2D eigenvalue weighted by Crippen LogP contribution is -2.20. The molecule has 0 unspecified atom stereocenters. The van der Waals surface area contributed by atoms with E-state index in [1.54, 1.807) is 24.7 Å². The molecule has 0 fully saturated rings. The van der Waals surface area contributed by atoms with Crippen LogP contribution >= 0.6 is 0 Å². The molecule has 0 radical (unpaired) electrons. The van der Waals surface area contributed by atoms with Gasteiger partial charge in [0.15, 0.2) is 11.2 Å². The predicted octanol–water partition coefficient (Wildman–Crippen LogP) is 2.03. The summed E-state index contributed by atoms with van der Waals surface area (Å²) in [5.41, 5.74) is 1.82. The van der Waals surface area contributed by atoms with E-state index < -0.39 is 0 Å². The third-order valence-electron chi connectivity index (χ3n) is 3.62. The number of hydrogen-bond donors (Lipinski definition) is 0. The van der Waals surface area contributed by atoms with E-state index in [0.29, 0.717) is 23.5 Å². The molecule has 0 atom stereocenters. The van der Waals surface area contributed by atoms with Crippen LogP contribution in [0.5, 0.6) is 0 Å². The van der Waals surface area contributed by atoms with Gasteiger partial charge in [-0.05, 0) is 17.7 Å². The highest BCUT2D eigenvalue weighted by Gasteiger charge is 2.11. The van der Waals surface area contributed by atoms with E-state index in [1.165, 1.54) is 10.9 Å². The van der Waals surface area contributed by atoms with Crippen molar-refractivity contribution < 1.29 is 0 Å². The highest BCUT2D eigenvalue weighted by molar-refractivity contribution is 5.69. The first kappa shape index (κ1) is 13.4. The summed E-state index contributed by atoms with van der Waals surface area (Å²) in [5.74, 6) is 0.532. The van der Waals surface area contributed by atoms with Gasteiger partial charge in [-0.2, -0.15) is 0 Å². The molecular weight excluding hydrogens is 290 g/mol. The zero-order valence-electron chi connectivity index (χ0n) is 12.2. The normalized spacial score (nSPS) is 11.0. The molecule has 0 amide bonds. The summed E-state index contributed by atoms with van der Waals surface area (Å²) < 4.78 is 3.27. The average molecular weight is 303 g/mol. The fourth-order valence-corrected chi connectivity index (χ4v) is 2.50. The number of imidazole rings is 1. The Bertz CT molecular complexity index is 1010. The first-order chi connectivity index (χ1) is 11.3. The van der Waals surface area contributed by atoms with Crippen LogP contribution in [-0.2, 0) is 6.54 Å². The van der Waals surface area contributed by atoms with Gasteiger partial charge in [0, 0.05) is 6.20 Å². The molecule has 6 nitrogen and oxygen atoms in total. The van der Waals surface area contributed by atoms with Crippen molar-refractivity contribution >= 4 is 11.2 Å². The molecule has 0 bridgehead atoms. The minimum atomic E-state index is -0.222. The Morgan fingerprint density at radius 2 is 1.70 bits per heavy atom. The molecule has 0 aliphatic rings. The molecule has 0 spiro atoms. The Hall–Kier alpha value is -3.28. The van der Waals surface area contributed by atoms with E-state index in [1.807, 2.05) is 41.0 Å². The zero-order chi connectivity index (χ0) is 15.6. The summed E-state index contributed by atoms with van der Waals surface area (Å²) in [7, 11) is 0. The standard InChI is InChI=1S/C17H13N5O/c23-17-15-16(20-12-22(17)14-8-4-5-9-18-14)21(11-19-15)10-13-6-2-1-3-7-13/h1-9,11-12H,10H2. The summed E-state index contributed by atoms with van der Waals surface area (Å²) in [6.07, 6.45) is 4.78. The molecule has 0 N–H and O–H groups in total. The molecular formula is C17H13N5O. The SMILES string of the molecule is O=c1c2ncn(Cc3ccccc3)c2ncn1-c1ccccn1. The maximum Gasteiger partial charge on any atom is 0.287 e. The van der Waals surface area contributed by atoms with Crippen molar-refractivity contribution in [3.63, 3.8) is 0 Å². The smallest absolute Gasteiger partial charge is 0.287 e. The molecule has 0 saturated heterocycles. The quantitative estimate of drug-likeness (QED) is 0.581. The van der Waals surface area contributed by atoms with E-state index >= 15 is 0 Å². The lowest BCUT2D eigenvalue weighted by atomic mass is 10.2. The van der Waals surface area contributed by atoms with Gasteiger partial charge in [-0.25, -0.2) is 19.5 Å². The molecule has 1 aromatic carbocycles. The number of aromatic nitrogens is 5. The monoisotopic (exact) mass is 303 g/mol. The van der Waals surface area contributed by atoms with Crippen LogP contribution in [-0.4, -0.2) is 24.1 Å². The molecule has 4 aromatic rings. The molecule has 0 aliphatic heterocycles. The molecule has 4 rings (SSSR count). The summed E-state index contributed by atoms with van der Waals surface area (Å²) >= 11 is 0. The van der Waals surface area contributed by atoms with Gasteiger partial charge in [0.25, 0.3) is 5.56 Å². The minimum absolute atomic E-state index is 0.222. The van der Waals surface area contributed by atoms with Crippen LogP contribution in [0.15, 0.2) is 72.2 Å². The van der Waals surface area contributed by atoms with Crippen molar-refractivity contribution in [1.29, 1.82) is 0 Å². The Kier molecular flexibility index (Phi) is 3.20. The highest BCUT2D eigenvalue weighted by Crippen LogP contribution is 2.10. The average Bonchev–Trinajstić information content (AvgIpc) is 3.01. The maximum atomic E-state index is 12.6. The van der Waals surface area contributed by atoms with E-state index in [9.17, 15) is 4.79 Å². The minimum Gasteiger partial charge on any atom is -0.311 e. The second kappa shape index (κ2) is 5.49. The van der Waals surface area contributed by atoms with E-state index in [2.05, 4.69) is 15.0 Å². The van der Waals surface area contributed by atoms with Crippen LogP contribution in [0.1, 0.15) is 5.56 Å². The summed E-state index contributed by atoms with van der Waals surface area (Å²) in [5, 5.41) is 0. The summed E-state index contributed by atoms with van der Waals surface area (Å²) in [4.78, 5) is 25.4. The molecule has 112 valence electrons. The largest absolute Gasteiger partial charge is 0.311 e. The van der Waals surface area contributed by atoms with Crippen molar-refractivity contribution in [3.8, 4) is 5.82 Å². The molecule has 23 heavy (non-hydrogen) atoms. The highest BCUT2D eigenvalue weighted by atomic mass is 16.1. The van der Waals surface area contributed by atoms with Crippen LogP contribution < -0.4 is 5.56 Å². The molecule has 6 heteroatoms. The zero-order valence-corrected chi connectivity index (χ0v) is 12.2. The van der Waals surface area contributed by atoms with Gasteiger partial charge in [-0.15, -0.1) is 0 Å². The van der Waals surface area contributed by atoms with Crippen LogP contribution in [0, 0.1) is 0 Å². The topological polar surface area (TPSA) is 65.6 Å². The number of fused-ring (bicyclic) bond motifs is 1. The predicted molar refractivity (Wildman–Crippen MR) is 86.5 cm³/mol. The van der Waals surface area contributed by atoms with Crippen LogP contribution in [0.2, 0.25) is 0 Å². The van der Waals surface area contributed by atoms with Gasteiger partial charge in [0.05, 0.1) is 12.9 Å². The van der Waals surface area contributed by atoms with Crippen LogP contribution in [0.3, 0.4) is 0 Å². The first-order valence-corrected chi connectivity index (χ1v) is 7.21. The number of pyridine rings is 1. The summed E-state index contributed by atoms with van der Waals surface area (Å²) in [6.45, 7) is 0.622. The van der Waals surface area contributed by atoms with Gasteiger partial charge in [0.2, 0.25) is 0 Å². The van der Waals surface area contributed by atoms with Crippen molar-refractivity contribution in [3.05, 3.63) is 83.3 Å². The second-order valence-corrected chi connectivity index (χ2v) is 5.14. The molecule has 3 heterocycles. The number of rotatable bonds is 3. The third-order valence-corrected chi connectivity index (χ3v) is 3.62. The van der Waals surface area contributed by atoms with Gasteiger partial charge in [0.1, 0.15) is 12.1 Å². The van der Waals surface area contributed by atoms with E-state index in [-0.39, 0.29) is 5.56 Å². The Balaban J connectivity index is 1.80. The Morgan fingerprint density at radius 3 is 2.48 bits per heavy atom. The fraction of sp³-hybridized carbons (Fsp3) is 0.0588. The Morgan fingerprint density at radius 1 is 0.870 bits per heavy atom. The number of nitrogens with zero attached hydrogens (tertiary/aromatic N) is 5. The van der Waals surface area contributed by atoms with Gasteiger partial charge in [-0.3, -0.25) is 4.79 Å². The first-order valence-electron chi connectivity index (χ1n) is 7.21. The van der Waals surface area contributed by atoms with Crippen LogP contribution in [0.4, 0.5) is 0 Å². The lowest BCUT2D eigenvalue weighted by Gasteiger charge is -2.05. The van der Waals surface area contributed by atoms with Crippen molar-refractivity contribution in [2.24, 2.45) is 0 Å². The van der Waals surface area contributed by atoms with E-state index in [0.717, 1.165) is 5.56 Å². The Labute approximate surface area is 131 Å². The third kappa shape index (κ3) is 2.40. The number of benzene rings is 1. The number of hydrogen-bond acceptors (Lipinski definition) is 4. The second-order valence-electron chi connectivity index (χ2n) is 5.14. The van der Waals surface area contributed by atoms with Crippen molar-refractivity contribution in [1.82, 2.24) is 24.1 Å². The summed E-state index contributed by atoms with van der Waals surface area (Å²) in [6, 6.07) is 15.4. The van der Waals surface area contributed by atoms with Crippen LogP contribution in [0.25, 0.3) is 17.0 Å². The van der Waals surface area contributed by atoms with Crippen molar-refractivity contribution in [2.45, 2.75) is 6.54 Å². The lowest BCUT2D eigenvalue weighted by molar-refractivity contribution is 0.808. The molecule has 0 saturated carbocycles. The van der Waals surface area contributed by atoms with Gasteiger partial charge in [-0.1, -0.05) is 36.4 Å². The maximum absolute atomic E-state index is 12.6. The molecule has 0 aliphatic carbocycles. The van der Waals surface area contributed by atoms with Gasteiger partial charge >= 0.3 is 0 Å². The molecule has 3 aromatic heterocycles.